The topological polar surface area (TPSA) is 184 Å². The van der Waals surface area contributed by atoms with Gasteiger partial charge in [-0.1, -0.05) is 24.1 Å². The summed E-state index contributed by atoms with van der Waals surface area (Å²) in [6, 6.07) is 7.21. The van der Waals surface area contributed by atoms with E-state index in [1.807, 2.05) is 6.07 Å². The van der Waals surface area contributed by atoms with Gasteiger partial charge in [0, 0.05) is 34.3 Å². The van der Waals surface area contributed by atoms with Crippen LogP contribution in [0.4, 0.5) is 34.2 Å². The van der Waals surface area contributed by atoms with Crippen molar-refractivity contribution in [3.8, 4) is 41.3 Å². The number of halogens is 4. The molecule has 0 bridgehead atoms. The maximum Gasteiger partial charge on any atom is 0.469 e. The summed E-state index contributed by atoms with van der Waals surface area (Å²) in [4.78, 5) is 36.3. The average Bonchev–Trinajstić information content (AvgIpc) is 3.41. The van der Waals surface area contributed by atoms with Crippen molar-refractivity contribution in [3.63, 3.8) is 0 Å². The van der Waals surface area contributed by atoms with Gasteiger partial charge in [-0.05, 0) is 24.6 Å². The minimum Gasteiger partial charge on any atom is -0.489 e. The number of terminal acetylenes is 1. The zero-order chi connectivity index (χ0) is 38.9. The minimum atomic E-state index is -5.25. The molecule has 4 heterocycles. The monoisotopic (exact) mass is 783 g/mol. The van der Waals surface area contributed by atoms with Gasteiger partial charge in [-0.25, -0.2) is 9.37 Å². The molecule has 0 saturated heterocycles. The number of hydrogen-bond acceptors (Lipinski definition) is 15. The zero-order valence-corrected chi connectivity index (χ0v) is 29.9. The zero-order valence-electron chi connectivity index (χ0n) is 28.2. The number of nitrogens with zero attached hydrogens (tertiary/aromatic N) is 5. The van der Waals surface area contributed by atoms with E-state index in [0.29, 0.717) is 10.3 Å². The van der Waals surface area contributed by atoms with Crippen LogP contribution in [0, 0.1) is 29.5 Å². The molecule has 1 aliphatic heterocycles. The van der Waals surface area contributed by atoms with E-state index in [-0.39, 0.29) is 45.6 Å². The fourth-order valence-electron chi connectivity index (χ4n) is 6.07. The molecule has 6 rings (SSSR count). The first-order chi connectivity index (χ1) is 25.8. The van der Waals surface area contributed by atoms with E-state index in [1.165, 1.54) is 36.4 Å². The molecule has 1 aliphatic rings. The van der Waals surface area contributed by atoms with Gasteiger partial charge in [-0.2, -0.15) is 28.4 Å². The van der Waals surface area contributed by atoms with Crippen LogP contribution in [0.1, 0.15) is 36.6 Å². The maximum absolute atomic E-state index is 17.3. The highest BCUT2D eigenvalue weighted by Gasteiger charge is 2.45. The van der Waals surface area contributed by atoms with Gasteiger partial charge >= 0.3 is 26.8 Å². The first-order valence-corrected chi connectivity index (χ1v) is 17.4. The molecule has 20 heteroatoms. The Labute approximate surface area is 308 Å². The van der Waals surface area contributed by atoms with E-state index in [4.69, 9.17) is 30.7 Å². The molecular formula is C34H26F4N7O7PS. The number of rotatable bonds is 11. The summed E-state index contributed by atoms with van der Waals surface area (Å²) in [5.41, 5.74) is 3.15. The number of benzene rings is 2. The molecule has 0 fully saturated rings. The predicted molar refractivity (Wildman–Crippen MR) is 190 cm³/mol. The Hall–Kier alpha value is -6.01. The van der Waals surface area contributed by atoms with Crippen LogP contribution in [0.15, 0.2) is 36.5 Å². The number of methoxy groups -OCH3 is 1. The molecule has 54 heavy (non-hydrogen) atoms. The van der Waals surface area contributed by atoms with Crippen LogP contribution in [0.25, 0.3) is 32.1 Å². The number of nitrogens with two attached hydrogens (primary N) is 1. The summed E-state index contributed by atoms with van der Waals surface area (Å²) in [6.45, 7) is 1.81. The summed E-state index contributed by atoms with van der Waals surface area (Å²) in [5, 5.41) is 12.7. The first kappa shape index (κ1) is 37.7. The molecule has 0 amide bonds. The molecule has 0 aliphatic carbocycles. The lowest BCUT2D eigenvalue weighted by Gasteiger charge is -2.34. The first-order valence-electron chi connectivity index (χ1n) is 15.5. The molecule has 2 aromatic carbocycles. The van der Waals surface area contributed by atoms with Crippen molar-refractivity contribution in [2.45, 2.75) is 32.1 Å². The van der Waals surface area contributed by atoms with E-state index < -0.39 is 79.8 Å². The molecule has 3 N–H and O–H groups in total. The number of carbonyl (C=O) groups is 2. The number of fused-ring (bicyclic) bond motifs is 1. The largest absolute Gasteiger partial charge is 0.489 e. The van der Waals surface area contributed by atoms with Gasteiger partial charge in [0.25, 0.3) is 6.47 Å². The molecule has 0 radical (unpaired) electrons. The van der Waals surface area contributed by atoms with Crippen LogP contribution in [-0.4, -0.2) is 53.9 Å². The van der Waals surface area contributed by atoms with Crippen LogP contribution in [0.3, 0.4) is 0 Å². The van der Waals surface area contributed by atoms with Crippen LogP contribution in [0.2, 0.25) is 0 Å². The van der Waals surface area contributed by atoms with Crippen LogP contribution >= 0.6 is 19.9 Å². The molecule has 3 unspecified atom stereocenters. The number of nitriles is 1. The van der Waals surface area contributed by atoms with Gasteiger partial charge in [0.15, 0.2) is 5.82 Å². The smallest absolute Gasteiger partial charge is 0.469 e. The number of aromatic nitrogens is 3. The third-order valence-corrected chi connectivity index (χ3v) is 10.3. The summed E-state index contributed by atoms with van der Waals surface area (Å²) in [5.74, 6) is -0.525. The molecular weight excluding hydrogens is 757 g/mol. The quantitative estimate of drug-likeness (QED) is 0.0467. The Bertz CT molecular complexity index is 2380. The fourth-order valence-corrected chi connectivity index (χ4v) is 7.74. The lowest BCUT2D eigenvalue weighted by atomic mass is 9.91. The lowest BCUT2D eigenvalue weighted by molar-refractivity contribution is -0.138. The number of thiophene rings is 1. The number of pyridine rings is 1. The third kappa shape index (κ3) is 6.80. The van der Waals surface area contributed by atoms with Gasteiger partial charge in [-0.15, -0.1) is 17.8 Å². The average molecular weight is 784 g/mol. The normalized spacial score (nSPS) is 15.0. The number of alkyl halides is 3. The summed E-state index contributed by atoms with van der Waals surface area (Å²) >= 11 is 0.949. The Morgan fingerprint density at radius 1 is 1.30 bits per heavy atom. The number of nitrogen functional groups attached to an aromatic ring is 1. The molecule has 3 aromatic heterocycles. The third-order valence-electron chi connectivity index (χ3n) is 8.20. The lowest BCUT2D eigenvalue weighted by Crippen LogP contribution is -2.40. The Kier molecular flexibility index (Phi) is 10.6. The Morgan fingerprint density at radius 2 is 2.07 bits per heavy atom. The number of anilines is 3. The van der Waals surface area contributed by atoms with Crippen molar-refractivity contribution in [1.29, 1.82) is 5.26 Å². The van der Waals surface area contributed by atoms with E-state index in [9.17, 15) is 14.9 Å². The van der Waals surface area contributed by atoms with Gasteiger partial charge in [0.1, 0.15) is 58.9 Å². The highest BCUT2D eigenvalue weighted by Crippen LogP contribution is 2.54. The fraction of sp³-hybridized carbons (Fsp3) is 0.235. The Morgan fingerprint density at radius 3 is 2.72 bits per heavy atom. The van der Waals surface area contributed by atoms with Crippen LogP contribution in [0.5, 0.6) is 11.8 Å². The summed E-state index contributed by atoms with van der Waals surface area (Å²) in [7, 11) is -1.24. The van der Waals surface area contributed by atoms with E-state index in [2.05, 4.69) is 30.7 Å². The van der Waals surface area contributed by atoms with Crippen molar-refractivity contribution >= 4 is 70.0 Å². The van der Waals surface area contributed by atoms with Gasteiger partial charge in [0.2, 0.25) is 0 Å². The van der Waals surface area contributed by atoms with Crippen LogP contribution in [-0.2, 0) is 29.3 Å². The molecule has 0 spiro atoms. The van der Waals surface area contributed by atoms with Gasteiger partial charge in [0.05, 0.1) is 24.1 Å². The van der Waals surface area contributed by atoms with Crippen molar-refractivity contribution in [1.82, 2.24) is 15.0 Å². The number of ether oxygens (including phenoxy) is 2. The van der Waals surface area contributed by atoms with E-state index >= 15 is 17.6 Å². The second-order valence-corrected chi connectivity index (χ2v) is 13.4. The van der Waals surface area contributed by atoms with Crippen molar-refractivity contribution in [2.75, 3.05) is 36.4 Å². The van der Waals surface area contributed by atoms with Crippen molar-refractivity contribution < 1.29 is 50.2 Å². The van der Waals surface area contributed by atoms with E-state index in [1.54, 1.807) is 19.1 Å². The minimum absolute atomic E-state index is 0.0152. The molecule has 278 valence electrons. The van der Waals surface area contributed by atoms with Gasteiger partial charge in [-0.3, -0.25) is 14.1 Å². The number of nitrogens with one attached hydrogen (secondary N) is 1. The van der Waals surface area contributed by atoms with E-state index in [0.717, 1.165) is 18.3 Å². The second kappa shape index (κ2) is 15.2. The standard InChI is InChI=1S/C34H26F4N7O7PS/c1-5-18-13-49-29-25-28(43-33(48-4)44-31(25)45(18)16(2)19-9-7-11-41-30(19)40)27(35)24(26(29)34(36,37)38)20-8-6-10-22-23(20)21(12-39)32(54-22)42-14-50-53(51-15-46)52-17(3)47/h1,6-11,15-16,18,42H,13-14H2,2-4H3,(H2,40,41). The van der Waals surface area contributed by atoms with Crippen molar-refractivity contribution in [2.24, 2.45) is 0 Å². The second-order valence-electron chi connectivity index (χ2n) is 11.3. The maximum atomic E-state index is 17.3. The Balaban J connectivity index is 1.60. The summed E-state index contributed by atoms with van der Waals surface area (Å²) < 4.78 is 90.0. The predicted octanol–water partition coefficient (Wildman–Crippen LogP) is 6.84. The van der Waals surface area contributed by atoms with Crippen molar-refractivity contribution in [3.05, 3.63) is 59.0 Å². The SMILES string of the molecule is C#CC1COc2c(C(F)(F)F)c(-c3cccc4sc(NCOP(OC=O)OC(C)=O)c(C#N)c34)c(F)c3nc(OC)nc(c23)N1C(C)c1cccnc1N. The highest BCUT2D eigenvalue weighted by atomic mass is 32.1. The molecule has 3 atom stereocenters. The molecule has 14 nitrogen and oxygen atoms in total. The van der Waals surface area contributed by atoms with Crippen LogP contribution < -0.4 is 25.4 Å². The molecule has 0 saturated carbocycles. The number of carbonyl (C=O) groups excluding carboxylic acids is 2. The highest BCUT2D eigenvalue weighted by molar-refractivity contribution is 7.42. The summed E-state index contributed by atoms with van der Waals surface area (Å²) in [6.07, 6.45) is 2.15. The number of hydrogen-bond donors (Lipinski definition) is 2. The van der Waals surface area contributed by atoms with Gasteiger partial charge < -0.3 is 34.5 Å². The molecule has 5 aromatic rings.